The summed E-state index contributed by atoms with van der Waals surface area (Å²) in [4.78, 5) is 17.8. The number of hydrogen-bond donors (Lipinski definition) is 1. The Balaban J connectivity index is 2.48. The zero-order chi connectivity index (χ0) is 14.5. The average Bonchev–Trinajstić information content (AvgIpc) is 2.46. The van der Waals surface area contributed by atoms with Crippen LogP contribution in [-0.2, 0) is 6.42 Å². The van der Waals surface area contributed by atoms with Gasteiger partial charge in [-0.15, -0.1) is 0 Å². The van der Waals surface area contributed by atoms with Crippen LogP contribution in [0.3, 0.4) is 0 Å². The van der Waals surface area contributed by atoms with E-state index in [0.29, 0.717) is 5.82 Å². The number of nitrogens with one attached hydrogen (secondary N) is 1. The van der Waals surface area contributed by atoms with Crippen molar-refractivity contribution >= 4 is 5.82 Å². The lowest BCUT2D eigenvalue weighted by atomic mass is 10.2. The molecule has 0 aromatic carbocycles. The summed E-state index contributed by atoms with van der Waals surface area (Å²) in [6, 6.07) is 1.85. The van der Waals surface area contributed by atoms with Gasteiger partial charge in [0.15, 0.2) is 5.82 Å². The quantitative estimate of drug-likeness (QED) is 0.905. The molecular weight excluding hydrogens is 250 g/mol. The number of rotatable bonds is 5. The molecule has 0 saturated heterocycles. The van der Waals surface area contributed by atoms with E-state index in [0.717, 1.165) is 48.0 Å². The first-order valence-corrected chi connectivity index (χ1v) is 7.07. The Morgan fingerprint density at radius 2 is 1.90 bits per heavy atom. The van der Waals surface area contributed by atoms with Gasteiger partial charge in [-0.05, 0) is 32.8 Å². The van der Waals surface area contributed by atoms with Crippen molar-refractivity contribution < 1.29 is 0 Å². The van der Waals surface area contributed by atoms with Crippen molar-refractivity contribution in [2.75, 3.05) is 11.9 Å². The molecule has 2 heterocycles. The summed E-state index contributed by atoms with van der Waals surface area (Å²) in [6.45, 7) is 9.08. The second-order valence-electron chi connectivity index (χ2n) is 4.74. The number of nitrogens with zero attached hydrogens (tertiary/aromatic N) is 4. The smallest absolute Gasteiger partial charge is 0.180 e. The summed E-state index contributed by atoms with van der Waals surface area (Å²) in [5, 5.41) is 3.37. The van der Waals surface area contributed by atoms with Crippen LogP contribution in [0.4, 0.5) is 5.82 Å². The van der Waals surface area contributed by atoms with Crippen LogP contribution in [0.5, 0.6) is 0 Å². The van der Waals surface area contributed by atoms with Crippen molar-refractivity contribution in [1.82, 2.24) is 19.9 Å². The highest BCUT2D eigenvalue weighted by Crippen LogP contribution is 2.21. The number of aromatic nitrogens is 4. The van der Waals surface area contributed by atoms with Crippen molar-refractivity contribution in [3.05, 3.63) is 29.3 Å². The van der Waals surface area contributed by atoms with E-state index in [1.165, 1.54) is 0 Å². The third-order valence-electron chi connectivity index (χ3n) is 3.13. The molecule has 0 amide bonds. The van der Waals surface area contributed by atoms with Gasteiger partial charge >= 0.3 is 0 Å². The van der Waals surface area contributed by atoms with Crippen molar-refractivity contribution in [1.29, 1.82) is 0 Å². The summed E-state index contributed by atoms with van der Waals surface area (Å²) in [6.07, 6.45) is 3.69. The summed E-state index contributed by atoms with van der Waals surface area (Å²) in [5.74, 6) is 2.30. The normalized spacial score (nSPS) is 10.6. The predicted octanol–water partition coefficient (Wildman–Crippen LogP) is 2.93. The van der Waals surface area contributed by atoms with Crippen molar-refractivity contribution in [2.24, 2.45) is 0 Å². The Labute approximate surface area is 119 Å². The van der Waals surface area contributed by atoms with Gasteiger partial charge in [-0.25, -0.2) is 19.9 Å². The number of hydrogen-bond acceptors (Lipinski definition) is 5. The Kier molecular flexibility index (Phi) is 4.61. The van der Waals surface area contributed by atoms with E-state index in [1.54, 1.807) is 6.20 Å². The van der Waals surface area contributed by atoms with Gasteiger partial charge in [0.1, 0.15) is 17.3 Å². The topological polar surface area (TPSA) is 63.6 Å². The lowest BCUT2D eigenvalue weighted by molar-refractivity contribution is 0.930. The molecule has 0 aliphatic carbocycles. The first kappa shape index (κ1) is 14.4. The fourth-order valence-corrected chi connectivity index (χ4v) is 2.02. The molecule has 0 radical (unpaired) electrons. The maximum Gasteiger partial charge on any atom is 0.180 e. The average molecular weight is 271 g/mol. The summed E-state index contributed by atoms with van der Waals surface area (Å²) < 4.78 is 0. The van der Waals surface area contributed by atoms with Crippen LogP contribution in [0, 0.1) is 13.8 Å². The molecule has 2 rings (SSSR count). The number of anilines is 1. The molecule has 2 aromatic heterocycles. The van der Waals surface area contributed by atoms with E-state index >= 15 is 0 Å². The first-order chi connectivity index (χ1) is 9.65. The molecule has 0 unspecified atom stereocenters. The summed E-state index contributed by atoms with van der Waals surface area (Å²) in [7, 11) is 0. The van der Waals surface area contributed by atoms with Crippen LogP contribution in [0.15, 0.2) is 12.3 Å². The molecule has 0 fully saturated rings. The highest BCUT2D eigenvalue weighted by atomic mass is 15.0. The van der Waals surface area contributed by atoms with E-state index in [1.807, 2.05) is 13.0 Å². The third-order valence-corrected chi connectivity index (χ3v) is 3.13. The van der Waals surface area contributed by atoms with Gasteiger partial charge in [0, 0.05) is 24.0 Å². The summed E-state index contributed by atoms with van der Waals surface area (Å²) in [5.41, 5.74) is 2.95. The van der Waals surface area contributed by atoms with Crippen molar-refractivity contribution in [2.45, 2.75) is 40.5 Å². The SMILES string of the molecule is CCCNc1nc(-c2ccnc(C)n2)nc(CC)c1C. The zero-order valence-corrected chi connectivity index (χ0v) is 12.6. The monoisotopic (exact) mass is 271 g/mol. The minimum absolute atomic E-state index is 0.663. The summed E-state index contributed by atoms with van der Waals surface area (Å²) >= 11 is 0. The first-order valence-electron chi connectivity index (χ1n) is 7.07. The molecule has 2 aromatic rings. The predicted molar refractivity (Wildman–Crippen MR) is 80.7 cm³/mol. The molecule has 0 aliphatic rings. The van der Waals surface area contributed by atoms with E-state index in [9.17, 15) is 0 Å². The molecule has 0 saturated carbocycles. The van der Waals surface area contributed by atoms with Crippen LogP contribution in [0.25, 0.3) is 11.5 Å². The highest BCUT2D eigenvalue weighted by molar-refractivity contribution is 5.56. The molecule has 5 nitrogen and oxygen atoms in total. The van der Waals surface area contributed by atoms with E-state index in [4.69, 9.17) is 0 Å². The Morgan fingerprint density at radius 3 is 2.55 bits per heavy atom. The molecular formula is C15H21N5. The van der Waals surface area contributed by atoms with Crippen LogP contribution >= 0.6 is 0 Å². The van der Waals surface area contributed by atoms with Crippen LogP contribution < -0.4 is 5.32 Å². The molecule has 0 aliphatic heterocycles. The van der Waals surface area contributed by atoms with E-state index in [-0.39, 0.29) is 0 Å². The maximum absolute atomic E-state index is 4.63. The Bertz CT molecular complexity index is 595. The minimum Gasteiger partial charge on any atom is -0.370 e. The van der Waals surface area contributed by atoms with Crippen LogP contribution in [0.1, 0.15) is 37.4 Å². The third kappa shape index (κ3) is 3.10. The maximum atomic E-state index is 4.63. The molecule has 0 bridgehead atoms. The molecule has 0 spiro atoms. The highest BCUT2D eigenvalue weighted by Gasteiger charge is 2.12. The second kappa shape index (κ2) is 6.41. The second-order valence-corrected chi connectivity index (χ2v) is 4.74. The molecule has 5 heteroatoms. The van der Waals surface area contributed by atoms with Gasteiger partial charge in [0.25, 0.3) is 0 Å². The van der Waals surface area contributed by atoms with Gasteiger partial charge < -0.3 is 5.32 Å². The lowest BCUT2D eigenvalue weighted by Crippen LogP contribution is -2.09. The fourth-order valence-electron chi connectivity index (χ4n) is 2.02. The van der Waals surface area contributed by atoms with E-state index in [2.05, 4.69) is 46.0 Å². The van der Waals surface area contributed by atoms with Crippen LogP contribution in [0.2, 0.25) is 0 Å². The zero-order valence-electron chi connectivity index (χ0n) is 12.6. The van der Waals surface area contributed by atoms with Gasteiger partial charge in [-0.1, -0.05) is 13.8 Å². The van der Waals surface area contributed by atoms with Gasteiger partial charge in [0.2, 0.25) is 0 Å². The largest absolute Gasteiger partial charge is 0.370 e. The van der Waals surface area contributed by atoms with Crippen molar-refractivity contribution in [3.8, 4) is 11.5 Å². The molecule has 0 atom stereocenters. The van der Waals surface area contributed by atoms with Crippen molar-refractivity contribution in [3.63, 3.8) is 0 Å². The lowest BCUT2D eigenvalue weighted by Gasteiger charge is -2.12. The molecule has 20 heavy (non-hydrogen) atoms. The standard InChI is InChI=1S/C15H21N5/c1-5-8-17-14-10(3)12(6-2)19-15(20-14)13-7-9-16-11(4)18-13/h7,9H,5-6,8H2,1-4H3,(H,17,19,20). The fraction of sp³-hybridized carbons (Fsp3) is 0.467. The number of aryl methyl sites for hydroxylation is 2. The van der Waals surface area contributed by atoms with Gasteiger partial charge in [0.05, 0.1) is 0 Å². The molecule has 1 N–H and O–H groups in total. The van der Waals surface area contributed by atoms with Gasteiger partial charge in [-0.3, -0.25) is 0 Å². The van der Waals surface area contributed by atoms with E-state index < -0.39 is 0 Å². The van der Waals surface area contributed by atoms with Crippen LogP contribution in [-0.4, -0.2) is 26.5 Å². The Morgan fingerprint density at radius 1 is 1.10 bits per heavy atom. The van der Waals surface area contributed by atoms with Gasteiger partial charge in [-0.2, -0.15) is 0 Å². The minimum atomic E-state index is 0.663. The molecule has 106 valence electrons. The Hall–Kier alpha value is -2.04.